The van der Waals surface area contributed by atoms with Gasteiger partial charge in [-0.1, -0.05) is 34.5 Å². The zero-order valence-electron chi connectivity index (χ0n) is 10.8. The van der Waals surface area contributed by atoms with E-state index in [0.717, 1.165) is 11.1 Å². The maximum Gasteiger partial charge on any atom is 0.166 e. The summed E-state index contributed by atoms with van der Waals surface area (Å²) in [5.41, 5.74) is 10.0. The molecule has 0 amide bonds. The fourth-order valence-corrected chi connectivity index (χ4v) is 1.96. The lowest BCUT2D eigenvalue weighted by molar-refractivity contribution is 0.0722. The predicted molar refractivity (Wildman–Crippen MR) is 70.6 cm³/mol. The maximum atomic E-state index is 12.9. The van der Waals surface area contributed by atoms with Crippen molar-refractivity contribution in [2.75, 3.05) is 13.8 Å². The second-order valence-electron chi connectivity index (χ2n) is 4.08. The summed E-state index contributed by atoms with van der Waals surface area (Å²) in [7, 11) is 1.45. The molecule has 0 aliphatic heterocycles. The number of aromatic nitrogens is 1. The normalized spacial score (nSPS) is 13.5. The molecule has 2 rings (SSSR count). The van der Waals surface area contributed by atoms with E-state index in [1.807, 2.05) is 12.1 Å². The standard InChI is InChI=1S/C13H13FN4O2/c1-19-13(11(8-14)17-18-15)10-4-2-9(3-5-10)12-6-7-16-20-12/h2-7,11,13H,8H2,1H3/t11-,13-/m1/s1. The summed E-state index contributed by atoms with van der Waals surface area (Å²) in [5.74, 6) is 0.641. The highest BCUT2D eigenvalue weighted by atomic mass is 19.1. The monoisotopic (exact) mass is 276 g/mol. The number of benzene rings is 1. The lowest BCUT2D eigenvalue weighted by atomic mass is 10.0. The lowest BCUT2D eigenvalue weighted by Gasteiger charge is -2.20. The van der Waals surface area contributed by atoms with Gasteiger partial charge in [0.1, 0.15) is 6.67 Å². The quantitative estimate of drug-likeness (QED) is 0.458. The summed E-state index contributed by atoms with van der Waals surface area (Å²) in [5, 5.41) is 7.05. The summed E-state index contributed by atoms with van der Waals surface area (Å²) >= 11 is 0. The number of alkyl halides is 1. The molecule has 104 valence electrons. The topological polar surface area (TPSA) is 84.0 Å². The molecule has 2 atom stereocenters. The van der Waals surface area contributed by atoms with Crippen LogP contribution >= 0.6 is 0 Å². The SMILES string of the molecule is CO[C@H](c1ccc(-c2ccno2)cc1)[C@@H](CF)N=[N+]=[N-]. The predicted octanol–water partition coefficient (Wildman–Crippen LogP) is 3.68. The van der Waals surface area contributed by atoms with Crippen molar-refractivity contribution in [1.29, 1.82) is 0 Å². The Hall–Kier alpha value is -2.37. The minimum Gasteiger partial charge on any atom is -0.376 e. The summed E-state index contributed by atoms with van der Waals surface area (Å²) in [6, 6.07) is 8.04. The number of methoxy groups -OCH3 is 1. The molecule has 0 unspecified atom stereocenters. The van der Waals surface area contributed by atoms with Gasteiger partial charge in [0.05, 0.1) is 18.3 Å². The fourth-order valence-electron chi connectivity index (χ4n) is 1.96. The summed E-state index contributed by atoms with van der Waals surface area (Å²) in [6.07, 6.45) is 0.932. The summed E-state index contributed by atoms with van der Waals surface area (Å²) < 4.78 is 23.2. The van der Waals surface area contributed by atoms with E-state index >= 15 is 0 Å². The van der Waals surface area contributed by atoms with Crippen LogP contribution < -0.4 is 0 Å². The van der Waals surface area contributed by atoms with E-state index in [1.54, 1.807) is 24.4 Å². The number of hydrogen-bond acceptors (Lipinski definition) is 4. The number of halogens is 1. The number of rotatable bonds is 6. The first-order valence-corrected chi connectivity index (χ1v) is 5.94. The highest BCUT2D eigenvalue weighted by molar-refractivity contribution is 5.57. The van der Waals surface area contributed by atoms with Crippen LogP contribution in [0.3, 0.4) is 0 Å². The van der Waals surface area contributed by atoms with Crippen LogP contribution in [0.1, 0.15) is 11.7 Å². The molecule has 0 fully saturated rings. The molecule has 1 aromatic heterocycles. The lowest BCUT2D eigenvalue weighted by Crippen LogP contribution is -2.20. The minimum atomic E-state index is -0.888. The Bertz CT molecular complexity index is 579. The molecular formula is C13H13FN4O2. The van der Waals surface area contributed by atoms with Crippen LogP contribution in [0.15, 0.2) is 46.2 Å². The Morgan fingerprint density at radius 1 is 1.40 bits per heavy atom. The molecule has 0 aliphatic carbocycles. The van der Waals surface area contributed by atoms with Gasteiger partial charge in [-0.25, -0.2) is 0 Å². The Balaban J connectivity index is 2.25. The van der Waals surface area contributed by atoms with Crippen LogP contribution in [-0.2, 0) is 4.74 Å². The third-order valence-corrected chi connectivity index (χ3v) is 2.92. The van der Waals surface area contributed by atoms with Gasteiger partial charge in [-0.05, 0) is 11.1 Å². The Morgan fingerprint density at radius 3 is 2.65 bits per heavy atom. The molecule has 0 saturated carbocycles. The van der Waals surface area contributed by atoms with E-state index in [0.29, 0.717) is 5.76 Å². The molecule has 0 saturated heterocycles. The third-order valence-electron chi connectivity index (χ3n) is 2.92. The van der Waals surface area contributed by atoms with Crippen molar-refractivity contribution in [2.45, 2.75) is 12.1 Å². The number of nitrogens with zero attached hydrogens (tertiary/aromatic N) is 4. The second kappa shape index (κ2) is 6.70. The van der Waals surface area contributed by atoms with E-state index in [1.165, 1.54) is 7.11 Å². The zero-order valence-corrected chi connectivity index (χ0v) is 10.8. The largest absolute Gasteiger partial charge is 0.376 e. The third kappa shape index (κ3) is 2.96. The van der Waals surface area contributed by atoms with Crippen LogP contribution in [0, 0.1) is 0 Å². The fraction of sp³-hybridized carbons (Fsp3) is 0.308. The average molecular weight is 276 g/mol. The second-order valence-corrected chi connectivity index (χ2v) is 4.08. The Kier molecular flexibility index (Phi) is 4.70. The highest BCUT2D eigenvalue weighted by Gasteiger charge is 2.22. The maximum absolute atomic E-state index is 12.9. The molecule has 6 nitrogen and oxygen atoms in total. The molecule has 7 heteroatoms. The van der Waals surface area contributed by atoms with Gasteiger partial charge in [-0.15, -0.1) is 0 Å². The van der Waals surface area contributed by atoms with Gasteiger partial charge in [0.25, 0.3) is 0 Å². The van der Waals surface area contributed by atoms with Crippen molar-refractivity contribution < 1.29 is 13.7 Å². The van der Waals surface area contributed by atoms with E-state index in [2.05, 4.69) is 15.2 Å². The van der Waals surface area contributed by atoms with Crippen molar-refractivity contribution in [3.63, 3.8) is 0 Å². The van der Waals surface area contributed by atoms with Crippen molar-refractivity contribution in [2.24, 2.45) is 5.11 Å². The summed E-state index contributed by atoms with van der Waals surface area (Å²) in [4.78, 5) is 2.64. The van der Waals surface area contributed by atoms with Crippen molar-refractivity contribution in [3.05, 3.63) is 52.5 Å². The molecule has 2 aromatic rings. The van der Waals surface area contributed by atoms with Crippen molar-refractivity contribution in [1.82, 2.24) is 5.16 Å². The first-order chi connectivity index (χ1) is 9.80. The van der Waals surface area contributed by atoms with Gasteiger partial charge >= 0.3 is 0 Å². The molecule has 1 heterocycles. The molecule has 0 N–H and O–H groups in total. The van der Waals surface area contributed by atoms with Crippen LogP contribution in [-0.4, -0.2) is 25.0 Å². The number of ether oxygens (including phenoxy) is 1. The molecule has 0 bridgehead atoms. The van der Waals surface area contributed by atoms with Gasteiger partial charge in [0.2, 0.25) is 0 Å². The number of hydrogen-bond donors (Lipinski definition) is 0. The van der Waals surface area contributed by atoms with E-state index in [-0.39, 0.29) is 0 Å². The molecule has 0 spiro atoms. The summed E-state index contributed by atoms with van der Waals surface area (Å²) in [6.45, 7) is -0.785. The van der Waals surface area contributed by atoms with E-state index in [9.17, 15) is 4.39 Å². The molecular weight excluding hydrogens is 263 g/mol. The van der Waals surface area contributed by atoms with Gasteiger partial charge in [-0.3, -0.25) is 4.39 Å². The van der Waals surface area contributed by atoms with Crippen LogP contribution in [0.5, 0.6) is 0 Å². The van der Waals surface area contributed by atoms with Crippen LogP contribution in [0.4, 0.5) is 4.39 Å². The highest BCUT2D eigenvalue weighted by Crippen LogP contribution is 2.26. The van der Waals surface area contributed by atoms with Crippen molar-refractivity contribution >= 4 is 0 Å². The van der Waals surface area contributed by atoms with Crippen molar-refractivity contribution in [3.8, 4) is 11.3 Å². The smallest absolute Gasteiger partial charge is 0.166 e. The molecule has 0 aliphatic rings. The molecule has 1 aromatic carbocycles. The molecule has 0 radical (unpaired) electrons. The first-order valence-electron chi connectivity index (χ1n) is 5.94. The first kappa shape index (κ1) is 14.0. The van der Waals surface area contributed by atoms with Gasteiger partial charge in [0, 0.05) is 23.7 Å². The van der Waals surface area contributed by atoms with Crippen LogP contribution in [0.2, 0.25) is 0 Å². The van der Waals surface area contributed by atoms with Gasteiger partial charge in [-0.2, -0.15) is 0 Å². The average Bonchev–Trinajstić information content (AvgIpc) is 3.02. The minimum absolute atomic E-state index is 0.625. The Labute approximate surface area is 114 Å². The van der Waals surface area contributed by atoms with E-state index in [4.69, 9.17) is 14.8 Å². The Morgan fingerprint density at radius 2 is 2.15 bits per heavy atom. The number of azide groups is 1. The molecule has 20 heavy (non-hydrogen) atoms. The van der Waals surface area contributed by atoms with Gasteiger partial charge < -0.3 is 9.26 Å². The van der Waals surface area contributed by atoms with E-state index < -0.39 is 18.8 Å². The zero-order chi connectivity index (χ0) is 14.4. The van der Waals surface area contributed by atoms with Crippen LogP contribution in [0.25, 0.3) is 21.8 Å². The van der Waals surface area contributed by atoms with Gasteiger partial charge in [0.15, 0.2) is 5.76 Å².